The lowest BCUT2D eigenvalue weighted by molar-refractivity contribution is 0.222. The second-order valence-electron chi connectivity index (χ2n) is 6.32. The maximum Gasteiger partial charge on any atom is 0.244 e. The van der Waals surface area contributed by atoms with E-state index in [4.69, 9.17) is 11.6 Å². The molecule has 140 valence electrons. The Morgan fingerprint density at radius 3 is 2.42 bits per heavy atom. The maximum absolute atomic E-state index is 12.7. The summed E-state index contributed by atoms with van der Waals surface area (Å²) < 4.78 is 27.0. The van der Waals surface area contributed by atoms with Gasteiger partial charge in [-0.2, -0.15) is 4.31 Å². The summed E-state index contributed by atoms with van der Waals surface area (Å²) in [5, 5.41) is 1.62. The number of thioether (sulfide) groups is 1. The number of benzene rings is 1. The van der Waals surface area contributed by atoms with Crippen molar-refractivity contribution >= 4 is 33.4 Å². The van der Waals surface area contributed by atoms with E-state index in [1.54, 1.807) is 23.9 Å². The van der Waals surface area contributed by atoms with E-state index in [1.807, 2.05) is 31.3 Å². The molecule has 1 unspecified atom stereocenters. The first kappa shape index (κ1) is 19.6. The SMILES string of the molecule is CC(Sc1ccc(S(=O)(=O)N2CCN(C)CC2)cn1)c1ccccc1Cl. The molecule has 8 heteroatoms. The molecule has 0 bridgehead atoms. The minimum absolute atomic E-state index is 0.122. The van der Waals surface area contributed by atoms with E-state index in [0.717, 1.165) is 28.7 Å². The second-order valence-corrected chi connectivity index (χ2v) is 10.0. The van der Waals surface area contributed by atoms with Gasteiger partial charge in [-0.05, 0) is 37.7 Å². The van der Waals surface area contributed by atoms with Crippen LogP contribution in [0, 0.1) is 0 Å². The van der Waals surface area contributed by atoms with Gasteiger partial charge in [0, 0.05) is 42.6 Å². The lowest BCUT2D eigenvalue weighted by Gasteiger charge is -2.31. The van der Waals surface area contributed by atoms with Crippen molar-refractivity contribution < 1.29 is 8.42 Å². The van der Waals surface area contributed by atoms with Crippen LogP contribution in [0.15, 0.2) is 52.5 Å². The molecule has 2 heterocycles. The molecule has 0 saturated carbocycles. The summed E-state index contributed by atoms with van der Waals surface area (Å²) in [4.78, 5) is 6.73. The van der Waals surface area contributed by atoms with Crippen LogP contribution in [-0.4, -0.2) is 55.8 Å². The molecular formula is C18H22ClN3O2S2. The largest absolute Gasteiger partial charge is 0.304 e. The summed E-state index contributed by atoms with van der Waals surface area (Å²) >= 11 is 7.80. The maximum atomic E-state index is 12.7. The van der Waals surface area contributed by atoms with Crippen LogP contribution in [0.5, 0.6) is 0 Å². The van der Waals surface area contributed by atoms with Crippen molar-refractivity contribution in [3.63, 3.8) is 0 Å². The van der Waals surface area contributed by atoms with Crippen LogP contribution in [0.4, 0.5) is 0 Å². The van der Waals surface area contributed by atoms with Crippen molar-refractivity contribution in [3.8, 4) is 0 Å². The number of hydrogen-bond acceptors (Lipinski definition) is 5. The molecule has 0 spiro atoms. The molecule has 1 fully saturated rings. The van der Waals surface area contributed by atoms with Crippen LogP contribution in [0.1, 0.15) is 17.7 Å². The number of hydrogen-bond donors (Lipinski definition) is 0. The summed E-state index contributed by atoms with van der Waals surface area (Å²) in [6.45, 7) is 4.58. The van der Waals surface area contributed by atoms with Gasteiger partial charge in [-0.3, -0.25) is 0 Å². The predicted octanol–water partition coefficient (Wildman–Crippen LogP) is 3.52. The van der Waals surface area contributed by atoms with Crippen LogP contribution in [0.25, 0.3) is 0 Å². The topological polar surface area (TPSA) is 53.5 Å². The Morgan fingerprint density at radius 1 is 1.12 bits per heavy atom. The molecule has 1 aliphatic heterocycles. The van der Waals surface area contributed by atoms with E-state index in [9.17, 15) is 8.42 Å². The van der Waals surface area contributed by atoms with Gasteiger partial charge in [0.1, 0.15) is 4.90 Å². The Hall–Kier alpha value is -1.12. The Kier molecular flexibility index (Phi) is 6.25. The van der Waals surface area contributed by atoms with E-state index in [2.05, 4.69) is 16.8 Å². The molecule has 1 aliphatic rings. The fourth-order valence-electron chi connectivity index (χ4n) is 2.82. The van der Waals surface area contributed by atoms with Crippen LogP contribution in [-0.2, 0) is 10.0 Å². The van der Waals surface area contributed by atoms with Crippen molar-refractivity contribution in [2.24, 2.45) is 0 Å². The molecule has 0 aliphatic carbocycles. The number of aromatic nitrogens is 1. The minimum atomic E-state index is -3.48. The smallest absolute Gasteiger partial charge is 0.244 e. The van der Waals surface area contributed by atoms with Gasteiger partial charge < -0.3 is 4.90 Å². The minimum Gasteiger partial charge on any atom is -0.304 e. The molecule has 5 nitrogen and oxygen atoms in total. The van der Waals surface area contributed by atoms with Crippen LogP contribution >= 0.6 is 23.4 Å². The number of halogens is 1. The lowest BCUT2D eigenvalue weighted by atomic mass is 10.2. The molecule has 1 aromatic carbocycles. The third-order valence-electron chi connectivity index (χ3n) is 4.45. The van der Waals surface area contributed by atoms with Gasteiger partial charge in [-0.1, -0.05) is 41.6 Å². The summed E-state index contributed by atoms with van der Waals surface area (Å²) in [5.74, 6) is 0. The molecule has 0 amide bonds. The highest BCUT2D eigenvalue weighted by Crippen LogP contribution is 2.37. The Labute approximate surface area is 164 Å². The lowest BCUT2D eigenvalue weighted by Crippen LogP contribution is -2.47. The molecule has 2 aromatic rings. The predicted molar refractivity (Wildman–Crippen MR) is 106 cm³/mol. The van der Waals surface area contributed by atoms with Crippen molar-refractivity contribution in [2.45, 2.75) is 22.1 Å². The Balaban J connectivity index is 1.71. The summed E-state index contributed by atoms with van der Waals surface area (Å²) in [6.07, 6.45) is 1.45. The molecule has 0 radical (unpaired) electrons. The van der Waals surface area contributed by atoms with E-state index in [1.165, 1.54) is 10.5 Å². The summed E-state index contributed by atoms with van der Waals surface area (Å²) in [5.41, 5.74) is 1.04. The van der Waals surface area contributed by atoms with E-state index < -0.39 is 10.0 Å². The molecule has 1 atom stereocenters. The standard InChI is InChI=1S/C18H22ClN3O2S2/c1-14(16-5-3-4-6-17(16)19)25-18-8-7-15(13-20-18)26(23,24)22-11-9-21(2)10-12-22/h3-8,13-14H,9-12H2,1-2H3. The van der Waals surface area contributed by atoms with Gasteiger partial charge in [0.2, 0.25) is 10.0 Å². The van der Waals surface area contributed by atoms with Gasteiger partial charge in [0.25, 0.3) is 0 Å². The van der Waals surface area contributed by atoms with E-state index in [-0.39, 0.29) is 10.1 Å². The number of piperazine rings is 1. The first-order chi connectivity index (χ1) is 12.4. The molecule has 1 aromatic heterocycles. The Bertz CT molecular complexity index is 851. The first-order valence-corrected chi connectivity index (χ1v) is 11.1. The first-order valence-electron chi connectivity index (χ1n) is 8.44. The fraction of sp³-hybridized carbons (Fsp3) is 0.389. The third kappa shape index (κ3) is 4.40. The highest BCUT2D eigenvalue weighted by atomic mass is 35.5. The zero-order valence-corrected chi connectivity index (χ0v) is 17.2. The van der Waals surface area contributed by atoms with Crippen molar-refractivity contribution in [1.29, 1.82) is 0 Å². The van der Waals surface area contributed by atoms with E-state index in [0.29, 0.717) is 13.1 Å². The van der Waals surface area contributed by atoms with Crippen molar-refractivity contribution in [2.75, 3.05) is 33.2 Å². The Morgan fingerprint density at radius 2 is 1.81 bits per heavy atom. The van der Waals surface area contributed by atoms with Crippen LogP contribution < -0.4 is 0 Å². The zero-order chi connectivity index (χ0) is 18.7. The summed E-state index contributed by atoms with van der Waals surface area (Å²) in [7, 11) is -1.48. The molecule has 3 rings (SSSR count). The van der Waals surface area contributed by atoms with Crippen LogP contribution in [0.2, 0.25) is 5.02 Å². The monoisotopic (exact) mass is 411 g/mol. The number of nitrogens with zero attached hydrogens (tertiary/aromatic N) is 3. The van der Waals surface area contributed by atoms with Gasteiger partial charge in [0.15, 0.2) is 0 Å². The third-order valence-corrected chi connectivity index (χ3v) is 7.77. The molecule has 26 heavy (non-hydrogen) atoms. The quantitative estimate of drug-likeness (QED) is 0.704. The average molecular weight is 412 g/mol. The molecular weight excluding hydrogens is 390 g/mol. The molecule has 1 saturated heterocycles. The van der Waals surface area contributed by atoms with Gasteiger partial charge >= 0.3 is 0 Å². The number of pyridine rings is 1. The highest BCUT2D eigenvalue weighted by Gasteiger charge is 2.27. The van der Waals surface area contributed by atoms with Crippen LogP contribution in [0.3, 0.4) is 0 Å². The van der Waals surface area contributed by atoms with E-state index >= 15 is 0 Å². The number of sulfonamides is 1. The fourth-order valence-corrected chi connectivity index (χ4v) is 5.50. The number of rotatable bonds is 5. The van der Waals surface area contributed by atoms with Gasteiger partial charge in [0.05, 0.1) is 5.03 Å². The normalized spacial score (nSPS) is 18.0. The second kappa shape index (κ2) is 8.27. The zero-order valence-electron chi connectivity index (χ0n) is 14.8. The highest BCUT2D eigenvalue weighted by molar-refractivity contribution is 7.99. The average Bonchev–Trinajstić information content (AvgIpc) is 2.63. The molecule has 0 N–H and O–H groups in total. The van der Waals surface area contributed by atoms with Crippen molar-refractivity contribution in [3.05, 3.63) is 53.2 Å². The number of likely N-dealkylation sites (N-methyl/N-ethyl adjacent to an activating group) is 1. The van der Waals surface area contributed by atoms with Gasteiger partial charge in [-0.15, -0.1) is 0 Å². The summed E-state index contributed by atoms with van der Waals surface area (Å²) in [6, 6.07) is 11.1. The van der Waals surface area contributed by atoms with Gasteiger partial charge in [-0.25, -0.2) is 13.4 Å². The van der Waals surface area contributed by atoms with Crippen molar-refractivity contribution in [1.82, 2.24) is 14.2 Å².